The summed E-state index contributed by atoms with van der Waals surface area (Å²) in [4.78, 5) is 69.5. The average Bonchev–Trinajstić information content (AvgIpc) is 4.30. The van der Waals surface area contributed by atoms with Gasteiger partial charge in [0.2, 0.25) is 5.88 Å². The molecule has 10 aromatic heterocycles. The van der Waals surface area contributed by atoms with Crippen LogP contribution in [0.2, 0.25) is 0 Å². The zero-order valence-corrected chi connectivity index (χ0v) is 44.1. The van der Waals surface area contributed by atoms with Crippen LogP contribution in [0.5, 0.6) is 5.88 Å². The number of anilines is 1. The Labute approximate surface area is 443 Å². The van der Waals surface area contributed by atoms with Gasteiger partial charge in [0.15, 0.2) is 16.9 Å². The molecule has 10 aromatic rings. The van der Waals surface area contributed by atoms with Crippen molar-refractivity contribution >= 4 is 115 Å². The van der Waals surface area contributed by atoms with Crippen LogP contribution in [0.25, 0.3) is 55.8 Å². The summed E-state index contributed by atoms with van der Waals surface area (Å²) in [7, 11) is 0. The van der Waals surface area contributed by atoms with Gasteiger partial charge in [-0.3, -0.25) is 0 Å². The summed E-state index contributed by atoms with van der Waals surface area (Å²) in [6, 6.07) is 0. The summed E-state index contributed by atoms with van der Waals surface area (Å²) in [5.41, 5.74) is 13.2. The third kappa shape index (κ3) is 12.3. The molecule has 2 radical (unpaired) electrons. The molecule has 0 aromatic carbocycles. The van der Waals surface area contributed by atoms with Crippen molar-refractivity contribution in [1.82, 2.24) is 98.8 Å². The van der Waals surface area contributed by atoms with Crippen LogP contribution in [0.15, 0.2) is 62.0 Å². The first-order valence-corrected chi connectivity index (χ1v) is 25.5. The molecule has 11 N–H and O–H groups in total. The number of aromatic amines is 3. The van der Waals surface area contributed by atoms with E-state index in [2.05, 4.69) is 129 Å². The second-order valence-corrected chi connectivity index (χ2v) is 18.7. The SMILES string of the molecule is CCCOc1ncnc2nc[nH]c12.CCCSc1ncnc2nc[nH]c12.Cc1ncnc2nc[nH]c12.Nc1nc([Se])c2ncn([C@@H]3O[C@H](CO)[C@@H](O)[C@H]3O)c2n1.OC[C@H]1O[C@@H](n2cnc3c([Se])ncnc32)[C@H](O)[C@@H]1O. The molecular formula is C42H49N21O9SSe2. The fourth-order valence-corrected chi connectivity index (χ4v) is 9.03. The van der Waals surface area contributed by atoms with Gasteiger partial charge in [0.1, 0.15) is 40.6 Å². The number of H-pyrrole nitrogens is 3. The Balaban J connectivity index is 0.000000127. The summed E-state index contributed by atoms with van der Waals surface area (Å²) in [5, 5.41) is 58.7. The fourth-order valence-electron chi connectivity index (χ4n) is 7.32. The van der Waals surface area contributed by atoms with Crippen LogP contribution in [-0.4, -0.2) is 224 Å². The van der Waals surface area contributed by atoms with Gasteiger partial charge in [-0.25, -0.2) is 39.9 Å². The molecule has 0 spiro atoms. The van der Waals surface area contributed by atoms with Gasteiger partial charge in [0.05, 0.1) is 31.3 Å². The number of nitrogens with zero attached hydrogens (tertiary/aromatic N) is 17. The van der Waals surface area contributed by atoms with E-state index in [9.17, 15) is 20.4 Å². The van der Waals surface area contributed by atoms with Gasteiger partial charge in [0.25, 0.3) is 0 Å². The van der Waals surface area contributed by atoms with Gasteiger partial charge in [0, 0.05) is 0 Å². The van der Waals surface area contributed by atoms with E-state index in [4.69, 9.17) is 30.2 Å². The first kappa shape index (κ1) is 54.7. The van der Waals surface area contributed by atoms with Gasteiger partial charge < -0.3 is 19.7 Å². The van der Waals surface area contributed by atoms with Crippen LogP contribution < -0.4 is 19.7 Å². The number of nitrogens with one attached hydrogen (secondary N) is 3. The molecule has 2 aliphatic heterocycles. The molecule has 0 amide bonds. The molecule has 2 saturated heterocycles. The van der Waals surface area contributed by atoms with E-state index < -0.39 is 55.7 Å². The monoisotopic (exact) mass is 1180 g/mol. The van der Waals surface area contributed by atoms with Crippen LogP contribution in [0.1, 0.15) is 44.8 Å². The molecule has 12 heterocycles. The van der Waals surface area contributed by atoms with Crippen molar-refractivity contribution in [2.24, 2.45) is 0 Å². The Morgan fingerprint density at radius 2 is 1.15 bits per heavy atom. The maximum absolute atomic E-state index is 10.0. The van der Waals surface area contributed by atoms with Gasteiger partial charge in [-0.05, 0) is 25.5 Å². The van der Waals surface area contributed by atoms with Crippen molar-refractivity contribution in [3.63, 3.8) is 0 Å². The van der Waals surface area contributed by atoms with Crippen LogP contribution in [-0.2, 0) is 9.47 Å². The summed E-state index contributed by atoms with van der Waals surface area (Å²) < 4.78 is 20.3. The Hall–Kier alpha value is -6.58. The number of aliphatic hydroxyl groups is 6. The van der Waals surface area contributed by atoms with Gasteiger partial charge in [-0.1, -0.05) is 13.8 Å². The summed E-state index contributed by atoms with van der Waals surface area (Å²) >= 11 is 7.23. The zero-order valence-electron chi connectivity index (χ0n) is 39.9. The number of rotatable bonds is 10. The van der Waals surface area contributed by atoms with Crippen LogP contribution >= 0.6 is 11.8 Å². The standard InChI is InChI=1S/C10H12N5O4Se.C10H11N4O4Se.C8H10N4O.C8H10N4S.C6H6N4/c11-10-13-7-4(8(20)14-10)12-2-15(7)9-6(18)5(17)3(1-16)19-9;15-1-4-6(16)7(17)10(18-4)14-3-13-5-8(14)11-2-12-9(5)19;2*1-2-3-13-8-6-7(10-4-9-6)11-5-12-8;1-4-5-6(9-2-7-4)10-3-8-5/h2-3,5-6,9,16-18H,1H2,(H2,11,13,14);2-4,6-7,10,15-17H,1H2;2*4-5H,2-3H2,1H3,(H,9,10,11,12);2-3H,1H3,(H,7,8,9,10)/t3-,5-,6-,9-;4-,6-,7-,10-;;;/m11.../s1. The van der Waals surface area contributed by atoms with Crippen LogP contribution in [0, 0.1) is 6.92 Å². The quantitative estimate of drug-likeness (QED) is 0.0391. The molecule has 8 atom stereocenters. The number of imidazole rings is 5. The van der Waals surface area contributed by atoms with E-state index in [1.165, 1.54) is 40.8 Å². The number of aryl methyl sites for hydroxylation is 1. The summed E-state index contributed by atoms with van der Waals surface area (Å²) in [6.07, 6.45) is 7.58. The van der Waals surface area contributed by atoms with Crippen molar-refractivity contribution in [3.8, 4) is 5.88 Å². The first-order valence-electron chi connectivity index (χ1n) is 22.8. The topological polar surface area (TPSA) is 426 Å². The Morgan fingerprint density at radius 1 is 0.613 bits per heavy atom. The number of aliphatic hydroxyl groups excluding tert-OH is 6. The summed E-state index contributed by atoms with van der Waals surface area (Å²) in [5.74, 6) is 1.70. The van der Waals surface area contributed by atoms with Crippen LogP contribution in [0.3, 0.4) is 0 Å². The minimum atomic E-state index is -1.20. The molecule has 30 nitrogen and oxygen atoms in total. The van der Waals surface area contributed by atoms with E-state index in [1.807, 2.05) is 13.8 Å². The summed E-state index contributed by atoms with van der Waals surface area (Å²) in [6.45, 7) is 6.01. The molecule has 75 heavy (non-hydrogen) atoms. The fraction of sp³-hybridized carbons (Fsp3) is 0.405. The van der Waals surface area contributed by atoms with E-state index >= 15 is 0 Å². The number of hydrogen-bond donors (Lipinski definition) is 10. The molecule has 12 rings (SSSR count). The third-order valence-corrected chi connectivity index (χ3v) is 13.4. The Kier molecular flexibility index (Phi) is 18.4. The van der Waals surface area contributed by atoms with Gasteiger partial charge in [-0.2, -0.15) is 4.98 Å². The average molecular weight is 1180 g/mol. The van der Waals surface area contributed by atoms with E-state index in [1.54, 1.807) is 37.1 Å². The maximum atomic E-state index is 10.0. The van der Waals surface area contributed by atoms with Crippen molar-refractivity contribution in [2.75, 3.05) is 31.3 Å². The molecule has 0 aliphatic carbocycles. The van der Waals surface area contributed by atoms with Gasteiger partial charge in [-0.15, -0.1) is 11.8 Å². The molecule has 2 fully saturated rings. The number of thioether (sulfide) groups is 1. The Morgan fingerprint density at radius 3 is 1.73 bits per heavy atom. The second-order valence-electron chi connectivity index (χ2n) is 16.0. The minimum absolute atomic E-state index is 0.0553. The Bertz CT molecular complexity index is 3360. The molecular weight excluding hydrogens is 1130 g/mol. The number of nitrogen functional groups attached to an aromatic ring is 1. The third-order valence-electron chi connectivity index (χ3n) is 11.0. The number of nitrogens with two attached hydrogens (primary N) is 1. The van der Waals surface area contributed by atoms with Crippen molar-refractivity contribution in [3.05, 3.63) is 62.6 Å². The van der Waals surface area contributed by atoms with Crippen molar-refractivity contribution in [1.29, 1.82) is 0 Å². The number of hydrogen-bond acceptors (Lipinski definition) is 26. The number of aromatic nitrogens is 20. The zero-order chi connectivity index (χ0) is 53.2. The number of fused-ring (bicyclic) bond motifs is 5. The van der Waals surface area contributed by atoms with Crippen LogP contribution in [0.4, 0.5) is 5.95 Å². The molecule has 0 bridgehead atoms. The predicted molar refractivity (Wildman–Crippen MR) is 268 cm³/mol. The van der Waals surface area contributed by atoms with E-state index in [0.717, 1.165) is 57.2 Å². The van der Waals surface area contributed by atoms with Crippen molar-refractivity contribution < 1.29 is 44.8 Å². The first-order chi connectivity index (χ1) is 36.4. The molecule has 2 aliphatic rings. The normalized spacial score (nSPS) is 21.0. The number of ether oxygens (including phenoxy) is 3. The van der Waals surface area contributed by atoms with E-state index in [0.29, 0.717) is 49.6 Å². The molecule has 0 unspecified atom stereocenters. The van der Waals surface area contributed by atoms with E-state index in [-0.39, 0.29) is 12.6 Å². The van der Waals surface area contributed by atoms with Crippen molar-refractivity contribution in [2.45, 2.75) is 87.7 Å². The molecule has 394 valence electrons. The molecule has 33 heteroatoms. The molecule has 0 saturated carbocycles. The predicted octanol–water partition coefficient (Wildman–Crippen LogP) is -2.30. The second kappa shape index (κ2) is 25.3. The van der Waals surface area contributed by atoms with Gasteiger partial charge >= 0.3 is 236 Å².